The molecule has 1 saturated heterocycles. The Kier molecular flexibility index (Phi) is 6.05. The highest BCUT2D eigenvalue weighted by Gasteiger charge is 2.51. The molecule has 1 heterocycles. The van der Waals surface area contributed by atoms with Gasteiger partial charge in [0, 0.05) is 12.3 Å². The zero-order valence-electron chi connectivity index (χ0n) is 18.0. The fraction of sp³-hybridized carbons (Fsp3) is 0.375. The number of ether oxygens (including phenoxy) is 1. The van der Waals surface area contributed by atoms with Crippen molar-refractivity contribution in [3.63, 3.8) is 0 Å². The summed E-state index contributed by atoms with van der Waals surface area (Å²) < 4.78 is 32.9. The third kappa shape index (κ3) is 4.40. The molecule has 33 heavy (non-hydrogen) atoms. The first kappa shape index (κ1) is 22.7. The number of carbonyl (C=O) groups excluding carboxylic acids is 2. The first-order chi connectivity index (χ1) is 15.7. The number of carboxylic acid groups (broad SMARTS) is 1. The Balaban J connectivity index is 1.42. The number of likely N-dealkylation sites (tertiary alicyclic amines) is 1. The van der Waals surface area contributed by atoms with E-state index >= 15 is 0 Å². The number of alkyl carbamates (subject to hydrolysis) is 1. The average Bonchev–Trinajstić information content (AvgIpc) is 3.30. The van der Waals surface area contributed by atoms with Crippen molar-refractivity contribution in [1.82, 2.24) is 10.2 Å². The van der Waals surface area contributed by atoms with Crippen molar-refractivity contribution >= 4 is 18.0 Å². The molecule has 4 rings (SSSR count). The smallest absolute Gasteiger partial charge is 0.407 e. The predicted octanol–water partition coefficient (Wildman–Crippen LogP) is 3.62. The second-order valence-corrected chi connectivity index (χ2v) is 8.31. The molecule has 1 aliphatic carbocycles. The zero-order chi connectivity index (χ0) is 23.8. The van der Waals surface area contributed by atoms with E-state index in [2.05, 4.69) is 5.32 Å². The van der Waals surface area contributed by atoms with E-state index in [-0.39, 0.29) is 18.9 Å². The minimum Gasteiger partial charge on any atom is -0.480 e. The van der Waals surface area contributed by atoms with E-state index in [1.54, 1.807) is 6.92 Å². The molecular formula is C24H24F2N2O5. The molecule has 2 N–H and O–H groups in total. The topological polar surface area (TPSA) is 95.9 Å². The second kappa shape index (κ2) is 8.80. The minimum atomic E-state index is -3.29. The standard InChI is InChI=1S/C24H24F2N2O5/c1-2-19(21(29)28-13-24(25,26)11-20(28)22(30)31)27-23(32)33-12-18-16-9-5-3-7-14(16)15-8-4-6-10-17(15)18/h3-10,18-20H,2,11-13H2,1H3,(H,27,32)(H,30,31)/t19?,20-/m1/s1. The molecule has 0 bridgehead atoms. The van der Waals surface area contributed by atoms with Gasteiger partial charge in [-0.25, -0.2) is 18.4 Å². The van der Waals surface area contributed by atoms with Crippen LogP contribution in [-0.2, 0) is 14.3 Å². The molecule has 0 spiro atoms. The molecule has 7 nitrogen and oxygen atoms in total. The van der Waals surface area contributed by atoms with Crippen LogP contribution in [0.1, 0.15) is 36.8 Å². The van der Waals surface area contributed by atoms with Gasteiger partial charge in [0.1, 0.15) is 18.7 Å². The van der Waals surface area contributed by atoms with Gasteiger partial charge in [0.15, 0.2) is 0 Å². The Morgan fingerprint density at radius 2 is 1.70 bits per heavy atom. The number of fused-ring (bicyclic) bond motifs is 3. The summed E-state index contributed by atoms with van der Waals surface area (Å²) in [7, 11) is 0. The summed E-state index contributed by atoms with van der Waals surface area (Å²) in [6, 6.07) is 12.9. The van der Waals surface area contributed by atoms with Crippen molar-refractivity contribution in [3.05, 3.63) is 59.7 Å². The number of halogens is 2. The van der Waals surface area contributed by atoms with Crippen molar-refractivity contribution in [2.24, 2.45) is 0 Å². The molecule has 2 aromatic rings. The quantitative estimate of drug-likeness (QED) is 0.689. The van der Waals surface area contributed by atoms with Gasteiger partial charge in [-0.2, -0.15) is 0 Å². The zero-order valence-corrected chi connectivity index (χ0v) is 18.0. The molecule has 1 aliphatic heterocycles. The third-order valence-electron chi connectivity index (χ3n) is 6.18. The number of nitrogens with zero attached hydrogens (tertiary/aromatic N) is 1. The van der Waals surface area contributed by atoms with Crippen LogP contribution in [0.15, 0.2) is 48.5 Å². The van der Waals surface area contributed by atoms with Gasteiger partial charge in [-0.15, -0.1) is 0 Å². The Labute approximate surface area is 189 Å². The van der Waals surface area contributed by atoms with E-state index in [4.69, 9.17) is 4.74 Å². The number of rotatable bonds is 6. The maximum absolute atomic E-state index is 13.8. The largest absolute Gasteiger partial charge is 0.480 e. The van der Waals surface area contributed by atoms with E-state index in [1.165, 1.54) is 0 Å². The van der Waals surface area contributed by atoms with Crippen LogP contribution in [0.2, 0.25) is 0 Å². The normalized spacial score (nSPS) is 19.5. The number of carbonyl (C=O) groups is 3. The van der Waals surface area contributed by atoms with Crippen molar-refractivity contribution in [2.75, 3.05) is 13.2 Å². The number of benzene rings is 2. The average molecular weight is 458 g/mol. The number of alkyl halides is 2. The van der Waals surface area contributed by atoms with Crippen LogP contribution in [0.4, 0.5) is 13.6 Å². The van der Waals surface area contributed by atoms with E-state index < -0.39 is 48.9 Å². The molecule has 174 valence electrons. The van der Waals surface area contributed by atoms with Gasteiger partial charge in [0.25, 0.3) is 5.92 Å². The van der Waals surface area contributed by atoms with Gasteiger partial charge >= 0.3 is 12.1 Å². The molecule has 2 atom stereocenters. The Bertz CT molecular complexity index is 1040. The fourth-order valence-electron chi connectivity index (χ4n) is 4.59. The minimum absolute atomic E-state index is 0.0318. The van der Waals surface area contributed by atoms with Crippen LogP contribution in [-0.4, -0.2) is 59.1 Å². The molecule has 2 aliphatic rings. The molecule has 0 aromatic heterocycles. The highest BCUT2D eigenvalue weighted by Crippen LogP contribution is 2.44. The summed E-state index contributed by atoms with van der Waals surface area (Å²) in [6.07, 6.45) is -1.72. The lowest BCUT2D eigenvalue weighted by Gasteiger charge is -2.26. The van der Waals surface area contributed by atoms with Crippen molar-refractivity contribution in [1.29, 1.82) is 0 Å². The van der Waals surface area contributed by atoms with E-state index in [9.17, 15) is 28.3 Å². The number of nitrogens with one attached hydrogen (secondary N) is 1. The number of aliphatic carboxylic acids is 1. The van der Waals surface area contributed by atoms with Crippen molar-refractivity contribution in [3.8, 4) is 11.1 Å². The molecule has 2 aromatic carbocycles. The summed E-state index contributed by atoms with van der Waals surface area (Å²) in [6.45, 7) is 0.631. The van der Waals surface area contributed by atoms with Crippen LogP contribution in [0.25, 0.3) is 11.1 Å². The lowest BCUT2D eigenvalue weighted by molar-refractivity contribution is -0.149. The number of hydrogen-bond donors (Lipinski definition) is 2. The molecule has 2 amide bonds. The molecular weight excluding hydrogens is 434 g/mol. The Morgan fingerprint density at radius 1 is 1.12 bits per heavy atom. The van der Waals surface area contributed by atoms with Gasteiger partial charge in [-0.3, -0.25) is 4.79 Å². The van der Waals surface area contributed by atoms with E-state index in [0.717, 1.165) is 22.3 Å². The van der Waals surface area contributed by atoms with Crippen LogP contribution < -0.4 is 5.32 Å². The monoisotopic (exact) mass is 458 g/mol. The SMILES string of the molecule is CCC(NC(=O)OCC1c2ccccc2-c2ccccc21)C(=O)N1CC(F)(F)C[C@@H]1C(=O)O. The lowest BCUT2D eigenvalue weighted by atomic mass is 9.98. The lowest BCUT2D eigenvalue weighted by Crippen LogP contribution is -2.51. The maximum atomic E-state index is 13.8. The molecule has 0 saturated carbocycles. The molecule has 9 heteroatoms. The first-order valence-corrected chi connectivity index (χ1v) is 10.7. The summed E-state index contributed by atoms with van der Waals surface area (Å²) >= 11 is 0. The van der Waals surface area contributed by atoms with E-state index in [1.807, 2.05) is 48.5 Å². The number of hydrogen-bond acceptors (Lipinski definition) is 4. The highest BCUT2D eigenvalue weighted by molar-refractivity contribution is 5.90. The van der Waals surface area contributed by atoms with Crippen LogP contribution >= 0.6 is 0 Å². The molecule has 1 fully saturated rings. The van der Waals surface area contributed by atoms with Crippen LogP contribution in [0.3, 0.4) is 0 Å². The van der Waals surface area contributed by atoms with Gasteiger partial charge in [-0.05, 0) is 28.7 Å². The summed E-state index contributed by atoms with van der Waals surface area (Å²) in [5.41, 5.74) is 4.19. The molecule has 0 radical (unpaired) electrons. The number of carboxylic acids is 1. The molecule has 1 unspecified atom stereocenters. The van der Waals surface area contributed by atoms with Crippen LogP contribution in [0, 0.1) is 0 Å². The second-order valence-electron chi connectivity index (χ2n) is 8.31. The third-order valence-corrected chi connectivity index (χ3v) is 6.18. The Hall–Kier alpha value is -3.49. The summed E-state index contributed by atoms with van der Waals surface area (Å²) in [5, 5.41) is 11.6. The summed E-state index contributed by atoms with van der Waals surface area (Å²) in [4.78, 5) is 37.2. The van der Waals surface area contributed by atoms with Crippen molar-refractivity contribution < 1.29 is 33.0 Å². The maximum Gasteiger partial charge on any atom is 0.407 e. The summed E-state index contributed by atoms with van der Waals surface area (Å²) in [5.74, 6) is -5.83. The van der Waals surface area contributed by atoms with Crippen molar-refractivity contribution in [2.45, 2.75) is 43.7 Å². The van der Waals surface area contributed by atoms with Gasteiger partial charge in [-0.1, -0.05) is 55.5 Å². The first-order valence-electron chi connectivity index (χ1n) is 10.7. The predicted molar refractivity (Wildman–Crippen MR) is 115 cm³/mol. The van der Waals surface area contributed by atoms with Crippen LogP contribution in [0.5, 0.6) is 0 Å². The van der Waals surface area contributed by atoms with Gasteiger partial charge < -0.3 is 20.1 Å². The fourth-order valence-corrected chi connectivity index (χ4v) is 4.59. The van der Waals surface area contributed by atoms with Gasteiger partial charge in [0.2, 0.25) is 5.91 Å². The van der Waals surface area contributed by atoms with Gasteiger partial charge in [0.05, 0.1) is 6.54 Å². The van der Waals surface area contributed by atoms with E-state index in [0.29, 0.717) is 4.90 Å². The highest BCUT2D eigenvalue weighted by atomic mass is 19.3. The number of amides is 2. The Morgan fingerprint density at radius 3 is 2.24 bits per heavy atom.